The fourth-order valence-electron chi connectivity index (χ4n) is 8.72. The van der Waals surface area contributed by atoms with E-state index in [1.54, 1.807) is 14.2 Å². The lowest BCUT2D eigenvalue weighted by atomic mass is 9.32. The minimum absolute atomic E-state index is 0.0948. The molecule has 0 saturated heterocycles. The minimum atomic E-state index is -0.843. The Morgan fingerprint density at radius 2 is 2.03 bits per heavy atom. The van der Waals surface area contributed by atoms with Gasteiger partial charge < -0.3 is 24.3 Å². The van der Waals surface area contributed by atoms with Crippen molar-refractivity contribution in [3.8, 4) is 11.5 Å². The Morgan fingerprint density at radius 3 is 2.73 bits per heavy atom. The molecular formula is C27H31NO5. The summed E-state index contributed by atoms with van der Waals surface area (Å²) in [5, 5.41) is 3.44. The van der Waals surface area contributed by atoms with Crippen LogP contribution in [-0.4, -0.2) is 44.2 Å². The van der Waals surface area contributed by atoms with Crippen LogP contribution in [0.25, 0.3) is 0 Å². The van der Waals surface area contributed by atoms with E-state index in [0.717, 1.165) is 49.9 Å². The highest BCUT2D eigenvalue weighted by Crippen LogP contribution is 2.78. The summed E-state index contributed by atoms with van der Waals surface area (Å²) >= 11 is 0. The van der Waals surface area contributed by atoms with Crippen molar-refractivity contribution in [1.29, 1.82) is 0 Å². The molecule has 1 aliphatic heterocycles. The summed E-state index contributed by atoms with van der Waals surface area (Å²) in [7, 11) is 3.38. The van der Waals surface area contributed by atoms with Gasteiger partial charge in [0.25, 0.3) is 0 Å². The lowest BCUT2D eigenvalue weighted by Crippen LogP contribution is -2.79. The number of nitrogens with one attached hydrogen (secondary N) is 1. The number of hydrogen-bond donors (Lipinski definition) is 1. The second-order valence-corrected chi connectivity index (χ2v) is 11.4. The number of aldehydes is 1. The van der Waals surface area contributed by atoms with E-state index in [1.807, 2.05) is 13.0 Å². The van der Waals surface area contributed by atoms with Gasteiger partial charge >= 0.3 is 0 Å². The molecule has 6 aliphatic carbocycles. The topological polar surface area (TPSA) is 73.9 Å². The maximum Gasteiger partial charge on any atom is 0.223 e. The van der Waals surface area contributed by atoms with Crippen molar-refractivity contribution < 1.29 is 23.8 Å². The zero-order valence-corrected chi connectivity index (χ0v) is 19.5. The van der Waals surface area contributed by atoms with Crippen LogP contribution < -0.4 is 14.8 Å². The van der Waals surface area contributed by atoms with Crippen LogP contribution in [0, 0.1) is 22.7 Å². The first-order valence-electron chi connectivity index (χ1n) is 12.3. The van der Waals surface area contributed by atoms with Crippen molar-refractivity contribution in [1.82, 2.24) is 5.32 Å². The van der Waals surface area contributed by atoms with Gasteiger partial charge in [-0.3, -0.25) is 4.79 Å². The molecule has 7 atom stereocenters. The molecule has 7 aliphatic rings. The average molecular weight is 450 g/mol. The van der Waals surface area contributed by atoms with Crippen LogP contribution in [0.4, 0.5) is 0 Å². The van der Waals surface area contributed by atoms with Crippen molar-refractivity contribution in [2.24, 2.45) is 22.7 Å². The van der Waals surface area contributed by atoms with E-state index in [4.69, 9.17) is 14.2 Å². The number of hydrogen-bond acceptors (Lipinski definition) is 5. The van der Waals surface area contributed by atoms with Crippen molar-refractivity contribution in [3.63, 3.8) is 0 Å². The third kappa shape index (κ3) is 1.99. The van der Waals surface area contributed by atoms with Crippen LogP contribution in [0.2, 0.25) is 0 Å². The molecule has 8 rings (SSSR count). The number of amides is 1. The van der Waals surface area contributed by atoms with E-state index >= 15 is 0 Å². The highest BCUT2D eigenvalue weighted by molar-refractivity contribution is 5.81. The van der Waals surface area contributed by atoms with E-state index in [1.165, 1.54) is 11.1 Å². The first kappa shape index (κ1) is 20.1. The zero-order valence-electron chi connectivity index (χ0n) is 19.5. The summed E-state index contributed by atoms with van der Waals surface area (Å²) in [5.74, 6) is 2.16. The number of methoxy groups -OCH3 is 2. The smallest absolute Gasteiger partial charge is 0.223 e. The molecule has 6 heteroatoms. The van der Waals surface area contributed by atoms with Crippen LogP contribution in [0.15, 0.2) is 24.3 Å². The number of allylic oxidation sites excluding steroid dienone is 1. The van der Waals surface area contributed by atoms with Crippen molar-refractivity contribution in [2.75, 3.05) is 14.2 Å². The minimum Gasteiger partial charge on any atom is -0.493 e. The fraction of sp³-hybridized carbons (Fsp3) is 0.630. The number of benzene rings is 1. The summed E-state index contributed by atoms with van der Waals surface area (Å²) in [6, 6.07) is 4.28. The largest absolute Gasteiger partial charge is 0.493 e. The van der Waals surface area contributed by atoms with Crippen LogP contribution in [0.3, 0.4) is 0 Å². The molecule has 3 fully saturated rings. The van der Waals surface area contributed by atoms with Crippen molar-refractivity contribution in [3.05, 3.63) is 35.4 Å². The van der Waals surface area contributed by atoms with Gasteiger partial charge in [0.2, 0.25) is 5.91 Å². The monoisotopic (exact) mass is 449 g/mol. The number of carbonyl (C=O) groups is 2. The number of ether oxygens (including phenoxy) is 3. The maximum absolute atomic E-state index is 12.8. The van der Waals surface area contributed by atoms with Gasteiger partial charge in [-0.1, -0.05) is 18.2 Å². The van der Waals surface area contributed by atoms with E-state index in [9.17, 15) is 9.59 Å². The highest BCUT2D eigenvalue weighted by Gasteiger charge is 2.81. The number of rotatable bonds is 5. The Kier molecular flexibility index (Phi) is 3.66. The summed E-state index contributed by atoms with van der Waals surface area (Å²) in [6.45, 7) is 2.02. The summed E-state index contributed by atoms with van der Waals surface area (Å²) in [6.07, 6.45) is 10.6. The number of fused-ring (bicyclic) bond motifs is 1. The van der Waals surface area contributed by atoms with Crippen molar-refractivity contribution in [2.45, 2.75) is 68.6 Å². The molecule has 1 unspecified atom stereocenters. The molecule has 1 heterocycles. The summed E-state index contributed by atoms with van der Waals surface area (Å²) in [4.78, 5) is 25.5. The third-order valence-corrected chi connectivity index (χ3v) is 10.3. The quantitative estimate of drug-likeness (QED) is 0.552. The molecule has 1 aromatic carbocycles. The standard InChI is InChI=1S/C27H31NO5/c1-24(14-29)13-25-10-11-27(24,32-3)23-26(25)9-8-18(28-22(30)15-4-5-15)17(25)12-16-6-7-19(31-2)21(33-23)20(16)26/h6-7,10-11,14-15,17-18,23H,4-5,8-9,12-13H2,1-3H3,(H,28,30)/t17-,18?,23+,24+,25+,26-,27-/m0/s1. The molecule has 0 radical (unpaired) electrons. The predicted molar refractivity (Wildman–Crippen MR) is 120 cm³/mol. The molecule has 2 spiro atoms. The third-order valence-electron chi connectivity index (χ3n) is 10.3. The molecule has 1 aromatic rings. The Bertz CT molecular complexity index is 1130. The van der Waals surface area contributed by atoms with E-state index in [2.05, 4.69) is 23.5 Å². The average Bonchev–Trinajstić information content (AvgIpc) is 3.61. The molecule has 1 N–H and O–H groups in total. The van der Waals surface area contributed by atoms with Gasteiger partial charge in [0, 0.05) is 35.5 Å². The predicted octanol–water partition coefficient (Wildman–Crippen LogP) is 3.11. The van der Waals surface area contributed by atoms with Crippen LogP contribution >= 0.6 is 0 Å². The van der Waals surface area contributed by atoms with Gasteiger partial charge in [0.15, 0.2) is 11.5 Å². The SMILES string of the molecule is COc1ccc2c3c1O[C@H]1[C@@]4(OC)C=C[C@@]5(C[C@]4(C)C=O)[C@@H](C2)C(NC(=O)C2CC2)CC[C@]315. The molecule has 3 saturated carbocycles. The molecule has 1 amide bonds. The lowest BCUT2D eigenvalue weighted by molar-refractivity contribution is -0.234. The van der Waals surface area contributed by atoms with Gasteiger partial charge in [-0.15, -0.1) is 0 Å². The van der Waals surface area contributed by atoms with Crippen LogP contribution in [-0.2, 0) is 26.2 Å². The first-order chi connectivity index (χ1) is 15.9. The molecule has 33 heavy (non-hydrogen) atoms. The van der Waals surface area contributed by atoms with Gasteiger partial charge in [-0.2, -0.15) is 0 Å². The molecule has 4 bridgehead atoms. The maximum atomic E-state index is 12.8. The van der Waals surface area contributed by atoms with E-state index < -0.39 is 11.0 Å². The Morgan fingerprint density at radius 1 is 1.21 bits per heavy atom. The lowest BCUT2D eigenvalue weighted by Gasteiger charge is -2.72. The summed E-state index contributed by atoms with van der Waals surface area (Å²) < 4.78 is 18.8. The fourth-order valence-corrected chi connectivity index (χ4v) is 8.72. The highest BCUT2D eigenvalue weighted by atomic mass is 16.6. The van der Waals surface area contributed by atoms with Gasteiger partial charge in [-0.25, -0.2) is 0 Å². The van der Waals surface area contributed by atoms with E-state index in [-0.39, 0.29) is 40.7 Å². The Labute approximate surface area is 194 Å². The second-order valence-electron chi connectivity index (χ2n) is 11.4. The molecule has 6 nitrogen and oxygen atoms in total. The summed E-state index contributed by atoms with van der Waals surface area (Å²) in [5.41, 5.74) is 0.409. The first-order valence-corrected chi connectivity index (χ1v) is 12.3. The Balaban J connectivity index is 1.48. The van der Waals surface area contributed by atoms with Gasteiger partial charge in [0.05, 0.1) is 12.5 Å². The normalized spacial score (nSPS) is 45.2. The molecule has 0 aromatic heterocycles. The number of carbonyl (C=O) groups excluding carboxylic acids is 2. The van der Waals surface area contributed by atoms with Gasteiger partial charge in [-0.05, 0) is 63.0 Å². The molecular weight excluding hydrogens is 418 g/mol. The van der Waals surface area contributed by atoms with Crippen LogP contribution in [0.1, 0.15) is 50.2 Å². The van der Waals surface area contributed by atoms with E-state index in [0.29, 0.717) is 6.42 Å². The Hall–Kier alpha value is -2.34. The molecule has 174 valence electrons. The zero-order chi connectivity index (χ0) is 22.8. The van der Waals surface area contributed by atoms with Crippen molar-refractivity contribution >= 4 is 12.2 Å². The second kappa shape index (κ2) is 6.01. The van der Waals surface area contributed by atoms with Crippen LogP contribution in [0.5, 0.6) is 11.5 Å². The van der Waals surface area contributed by atoms with Gasteiger partial charge in [0.1, 0.15) is 18.0 Å².